The number of aryl methyl sites for hydroxylation is 1. The van der Waals surface area contributed by atoms with Crippen molar-refractivity contribution in [1.29, 1.82) is 0 Å². The van der Waals surface area contributed by atoms with Crippen LogP contribution in [0.4, 0.5) is 5.00 Å². The van der Waals surface area contributed by atoms with Crippen molar-refractivity contribution < 1.29 is 39.5 Å². The number of carboxylic acids is 1. The van der Waals surface area contributed by atoms with Gasteiger partial charge in [0, 0.05) is 10.4 Å². The number of carbonyl (C=O) groups excluding carboxylic acids is 1. The Kier molecular flexibility index (Phi) is 4.01. The predicted octanol–water partition coefficient (Wildman–Crippen LogP) is -2.42. The molecule has 0 bridgehead atoms. The van der Waals surface area contributed by atoms with E-state index in [-0.39, 0.29) is 35.1 Å². The van der Waals surface area contributed by atoms with Gasteiger partial charge in [-0.2, -0.15) is 0 Å². The second-order valence-electron chi connectivity index (χ2n) is 3.24. The van der Waals surface area contributed by atoms with Gasteiger partial charge in [0.15, 0.2) is 0 Å². The minimum atomic E-state index is -1.13. The second-order valence-corrected chi connectivity index (χ2v) is 4.37. The largest absolute Gasteiger partial charge is 1.00 e. The molecule has 1 aliphatic rings. The van der Waals surface area contributed by atoms with E-state index in [1.807, 2.05) is 0 Å². The molecular weight excluding hydrogens is 209 g/mol. The Morgan fingerprint density at radius 1 is 1.36 bits per heavy atom. The standard InChI is InChI=1S/C9H11NO2S.Na/c10-8-7(9(11)12)5-3-1-2-4-6(5)13-8;/h1-4,10H2,(H,11,12);/q;+1/p-1. The zero-order valence-corrected chi connectivity index (χ0v) is 10.9. The number of nitrogens with two attached hydrogens (primary N) is 1. The van der Waals surface area contributed by atoms with Crippen LogP contribution in [0.1, 0.15) is 33.6 Å². The van der Waals surface area contributed by atoms with Crippen molar-refractivity contribution in [2.24, 2.45) is 0 Å². The Balaban J connectivity index is 0.000000980. The molecule has 1 aromatic heterocycles. The molecule has 0 atom stereocenters. The van der Waals surface area contributed by atoms with E-state index in [1.165, 1.54) is 11.3 Å². The van der Waals surface area contributed by atoms with Gasteiger partial charge < -0.3 is 15.6 Å². The van der Waals surface area contributed by atoms with E-state index >= 15 is 0 Å². The molecule has 0 unspecified atom stereocenters. The number of hydrogen-bond acceptors (Lipinski definition) is 4. The van der Waals surface area contributed by atoms with Crippen LogP contribution in [0.2, 0.25) is 0 Å². The van der Waals surface area contributed by atoms with E-state index in [0.29, 0.717) is 5.00 Å². The smallest absolute Gasteiger partial charge is 0.545 e. The van der Waals surface area contributed by atoms with Crippen LogP contribution in [0.25, 0.3) is 0 Å². The third-order valence-electron chi connectivity index (χ3n) is 2.40. The van der Waals surface area contributed by atoms with Gasteiger partial charge in [-0.25, -0.2) is 0 Å². The van der Waals surface area contributed by atoms with Gasteiger partial charge in [0.2, 0.25) is 0 Å². The number of carboxylic acid groups (broad SMARTS) is 1. The number of fused-ring (bicyclic) bond motifs is 1. The van der Waals surface area contributed by atoms with E-state index in [0.717, 1.165) is 36.1 Å². The molecule has 5 heteroatoms. The normalized spacial score (nSPS) is 14.3. The Morgan fingerprint density at radius 2 is 2.00 bits per heavy atom. The first-order chi connectivity index (χ1) is 6.20. The van der Waals surface area contributed by atoms with Gasteiger partial charge in [0.05, 0.1) is 11.0 Å². The molecule has 2 rings (SSSR count). The van der Waals surface area contributed by atoms with Crippen molar-refractivity contribution in [3.05, 3.63) is 16.0 Å². The van der Waals surface area contributed by atoms with E-state index < -0.39 is 5.97 Å². The summed E-state index contributed by atoms with van der Waals surface area (Å²) in [7, 11) is 0. The van der Waals surface area contributed by atoms with Crippen LogP contribution in [0, 0.1) is 0 Å². The third-order valence-corrected chi connectivity index (χ3v) is 3.52. The molecule has 0 radical (unpaired) electrons. The minimum Gasteiger partial charge on any atom is -0.545 e. The first-order valence-electron chi connectivity index (χ1n) is 4.31. The molecule has 3 nitrogen and oxygen atoms in total. The summed E-state index contributed by atoms with van der Waals surface area (Å²) < 4.78 is 0. The molecule has 1 aliphatic carbocycles. The Labute approximate surface area is 109 Å². The van der Waals surface area contributed by atoms with Crippen molar-refractivity contribution in [2.45, 2.75) is 25.7 Å². The molecule has 0 saturated carbocycles. The second kappa shape index (κ2) is 4.66. The summed E-state index contributed by atoms with van der Waals surface area (Å²) in [5.41, 5.74) is 6.79. The maximum Gasteiger partial charge on any atom is 1.00 e. The Morgan fingerprint density at radius 3 is 2.64 bits per heavy atom. The minimum absolute atomic E-state index is 0. The molecule has 1 aromatic rings. The topological polar surface area (TPSA) is 66.2 Å². The van der Waals surface area contributed by atoms with Crippen molar-refractivity contribution in [3.63, 3.8) is 0 Å². The molecule has 0 aliphatic heterocycles. The SMILES string of the molecule is Nc1sc2c(c1C(=O)[O-])CCCC2.[Na+]. The fraction of sp³-hybridized carbons (Fsp3) is 0.444. The molecule has 0 fully saturated rings. The van der Waals surface area contributed by atoms with Crippen molar-refractivity contribution >= 4 is 22.3 Å². The number of anilines is 1. The van der Waals surface area contributed by atoms with E-state index in [1.54, 1.807) is 0 Å². The summed E-state index contributed by atoms with van der Waals surface area (Å²) in [6.45, 7) is 0. The van der Waals surface area contributed by atoms with Gasteiger partial charge in [-0.1, -0.05) is 0 Å². The number of aromatic carboxylic acids is 1. The molecule has 0 spiro atoms. The van der Waals surface area contributed by atoms with Gasteiger partial charge in [0.25, 0.3) is 0 Å². The monoisotopic (exact) mass is 219 g/mol. The molecule has 1 heterocycles. The summed E-state index contributed by atoms with van der Waals surface area (Å²) >= 11 is 1.40. The number of carbonyl (C=O) groups is 1. The van der Waals surface area contributed by atoms with Gasteiger partial charge in [-0.3, -0.25) is 0 Å². The summed E-state index contributed by atoms with van der Waals surface area (Å²) in [4.78, 5) is 11.9. The van der Waals surface area contributed by atoms with Crippen molar-refractivity contribution in [2.75, 3.05) is 5.73 Å². The third kappa shape index (κ3) is 1.98. The number of rotatable bonds is 1. The number of thiophene rings is 1. The summed E-state index contributed by atoms with van der Waals surface area (Å²) in [6.07, 6.45) is 4.01. The molecule has 70 valence electrons. The first-order valence-corrected chi connectivity index (χ1v) is 5.13. The molecule has 14 heavy (non-hydrogen) atoms. The van der Waals surface area contributed by atoms with Crippen molar-refractivity contribution in [1.82, 2.24) is 0 Å². The van der Waals surface area contributed by atoms with Crippen LogP contribution < -0.4 is 40.4 Å². The predicted molar refractivity (Wildman–Crippen MR) is 49.7 cm³/mol. The molecular formula is C9H10NNaO2S. The fourth-order valence-corrected chi connectivity index (χ4v) is 2.96. The first kappa shape index (κ1) is 12.0. The zero-order valence-electron chi connectivity index (χ0n) is 8.13. The summed E-state index contributed by atoms with van der Waals surface area (Å²) in [5, 5.41) is 11.2. The van der Waals surface area contributed by atoms with Crippen LogP contribution >= 0.6 is 11.3 Å². The average molecular weight is 219 g/mol. The molecule has 0 amide bonds. The van der Waals surface area contributed by atoms with E-state index in [9.17, 15) is 9.90 Å². The van der Waals surface area contributed by atoms with Crippen LogP contribution in [0.15, 0.2) is 0 Å². The van der Waals surface area contributed by atoms with Gasteiger partial charge in [-0.05, 0) is 31.2 Å². The van der Waals surface area contributed by atoms with Crippen LogP contribution in [-0.4, -0.2) is 5.97 Å². The molecule has 2 N–H and O–H groups in total. The maximum absolute atomic E-state index is 10.8. The average Bonchev–Trinajstić information content (AvgIpc) is 2.39. The van der Waals surface area contributed by atoms with Crippen LogP contribution in [0.3, 0.4) is 0 Å². The quantitative estimate of drug-likeness (QED) is 0.534. The number of hydrogen-bond donors (Lipinski definition) is 1. The van der Waals surface area contributed by atoms with E-state index in [4.69, 9.17) is 5.73 Å². The van der Waals surface area contributed by atoms with Crippen LogP contribution in [0.5, 0.6) is 0 Å². The number of nitrogen functional groups attached to an aromatic ring is 1. The summed E-state index contributed by atoms with van der Waals surface area (Å²) in [6, 6.07) is 0. The summed E-state index contributed by atoms with van der Waals surface area (Å²) in [5.74, 6) is -1.13. The fourth-order valence-electron chi connectivity index (χ4n) is 1.81. The molecule has 0 saturated heterocycles. The molecule has 0 aromatic carbocycles. The van der Waals surface area contributed by atoms with E-state index in [2.05, 4.69) is 0 Å². The van der Waals surface area contributed by atoms with Crippen LogP contribution in [-0.2, 0) is 12.8 Å². The van der Waals surface area contributed by atoms with Gasteiger partial charge >= 0.3 is 29.6 Å². The zero-order chi connectivity index (χ0) is 9.42. The van der Waals surface area contributed by atoms with Gasteiger partial charge in [-0.15, -0.1) is 11.3 Å². The Hall–Kier alpha value is -0.0300. The van der Waals surface area contributed by atoms with Gasteiger partial charge in [0.1, 0.15) is 0 Å². The van der Waals surface area contributed by atoms with Crippen molar-refractivity contribution in [3.8, 4) is 0 Å². The Bertz CT molecular complexity index is 362. The maximum atomic E-state index is 10.8.